The molecule has 7 atom stereocenters. The largest absolute Gasteiger partial charge is 0.460 e. The lowest BCUT2D eigenvalue weighted by Crippen LogP contribution is -2.50. The van der Waals surface area contributed by atoms with Gasteiger partial charge in [-0.3, -0.25) is 4.90 Å². The molecular weight excluding hydrogens is 388 g/mol. The van der Waals surface area contributed by atoms with E-state index in [1.165, 1.54) is 0 Å². The molecule has 0 aromatic heterocycles. The molecule has 29 heavy (non-hydrogen) atoms. The summed E-state index contributed by atoms with van der Waals surface area (Å²) in [4.78, 5) is 15.6. The first-order valence-corrected chi connectivity index (χ1v) is 12.9. The third-order valence-electron chi connectivity index (χ3n) is 9.39. The van der Waals surface area contributed by atoms with Crippen LogP contribution < -0.4 is 0 Å². The van der Waals surface area contributed by atoms with Crippen molar-refractivity contribution >= 4 is 16.0 Å². The number of fused-ring (bicyclic) bond motifs is 7. The lowest BCUT2D eigenvalue weighted by molar-refractivity contribution is -0.161. The molecule has 4 bridgehead atoms. The normalized spacial score (nSPS) is 45.8. The molecule has 7 heteroatoms. The standard InChI is InChI=1S/C22H34N2O4S/c1-5-23(6-2)29(26,27)14-21-10-9-15(20(21,3)4)12-18(21)28-19(25)22-13-24(22)17-8-7-16(22)11-17/h7-8,15-18H,5-6,9-14H2,1-4H3/t15-,16-,17+,18-,21-,22-,24?/m1/s1. The fraction of sp³-hybridized carbons (Fsp3) is 0.864. The molecule has 2 aliphatic heterocycles. The van der Waals surface area contributed by atoms with Crippen LogP contribution in [0.15, 0.2) is 12.2 Å². The zero-order valence-electron chi connectivity index (χ0n) is 18.1. The van der Waals surface area contributed by atoms with Crippen LogP contribution in [0.3, 0.4) is 0 Å². The molecule has 1 unspecified atom stereocenters. The Kier molecular flexibility index (Phi) is 4.19. The highest BCUT2D eigenvalue weighted by atomic mass is 32.2. The van der Waals surface area contributed by atoms with Gasteiger partial charge >= 0.3 is 5.97 Å². The molecule has 5 rings (SSSR count). The van der Waals surface area contributed by atoms with Gasteiger partial charge in [-0.2, -0.15) is 0 Å². The van der Waals surface area contributed by atoms with E-state index < -0.39 is 21.0 Å². The summed E-state index contributed by atoms with van der Waals surface area (Å²) in [6.07, 6.45) is 7.77. The van der Waals surface area contributed by atoms with Crippen LogP contribution in [-0.4, -0.2) is 66.7 Å². The van der Waals surface area contributed by atoms with Crippen molar-refractivity contribution in [2.45, 2.75) is 71.1 Å². The van der Waals surface area contributed by atoms with Crippen LogP contribution in [0.4, 0.5) is 0 Å². The van der Waals surface area contributed by atoms with Gasteiger partial charge in [-0.25, -0.2) is 17.5 Å². The fourth-order valence-corrected chi connectivity index (χ4v) is 9.66. The van der Waals surface area contributed by atoms with Crippen molar-refractivity contribution in [3.05, 3.63) is 12.2 Å². The molecule has 0 amide bonds. The van der Waals surface area contributed by atoms with Crippen LogP contribution in [0.25, 0.3) is 0 Å². The smallest absolute Gasteiger partial charge is 0.328 e. The predicted octanol–water partition coefficient (Wildman–Crippen LogP) is 2.41. The van der Waals surface area contributed by atoms with Crippen LogP contribution >= 0.6 is 0 Å². The van der Waals surface area contributed by atoms with E-state index in [1.807, 2.05) is 13.8 Å². The number of hydrogen-bond donors (Lipinski definition) is 0. The molecule has 2 saturated carbocycles. The van der Waals surface area contributed by atoms with Crippen LogP contribution in [0, 0.1) is 22.7 Å². The van der Waals surface area contributed by atoms with Crippen molar-refractivity contribution in [2.75, 3.05) is 25.4 Å². The summed E-state index contributed by atoms with van der Waals surface area (Å²) in [5.41, 5.74) is -1.09. The van der Waals surface area contributed by atoms with Gasteiger partial charge in [-0.1, -0.05) is 39.8 Å². The van der Waals surface area contributed by atoms with Gasteiger partial charge < -0.3 is 4.74 Å². The van der Waals surface area contributed by atoms with Gasteiger partial charge in [0, 0.05) is 37.0 Å². The first kappa shape index (κ1) is 20.0. The van der Waals surface area contributed by atoms with Crippen molar-refractivity contribution in [1.82, 2.24) is 9.21 Å². The van der Waals surface area contributed by atoms with Gasteiger partial charge in [-0.05, 0) is 37.0 Å². The maximum absolute atomic E-state index is 13.3. The summed E-state index contributed by atoms with van der Waals surface area (Å²) in [6, 6.07) is 0.390. The molecule has 0 N–H and O–H groups in total. The zero-order chi connectivity index (χ0) is 20.8. The van der Waals surface area contributed by atoms with E-state index in [-0.39, 0.29) is 29.2 Å². The van der Waals surface area contributed by atoms with E-state index >= 15 is 0 Å². The summed E-state index contributed by atoms with van der Waals surface area (Å²) in [5.74, 6) is 0.662. The van der Waals surface area contributed by atoms with Gasteiger partial charge in [0.1, 0.15) is 11.6 Å². The number of carbonyl (C=O) groups excluding carboxylic acids is 1. The summed E-state index contributed by atoms with van der Waals surface area (Å²) in [7, 11) is -3.40. The third kappa shape index (κ3) is 2.41. The number of hydrogen-bond acceptors (Lipinski definition) is 5. The van der Waals surface area contributed by atoms with Crippen LogP contribution in [0.5, 0.6) is 0 Å². The maximum atomic E-state index is 13.3. The number of sulfonamides is 1. The number of ether oxygens (including phenoxy) is 1. The fourth-order valence-electron chi connectivity index (χ4n) is 7.34. The van der Waals surface area contributed by atoms with Crippen LogP contribution in [0.2, 0.25) is 0 Å². The minimum Gasteiger partial charge on any atom is -0.460 e. The maximum Gasteiger partial charge on any atom is 0.328 e. The Balaban J connectivity index is 1.41. The predicted molar refractivity (Wildman–Crippen MR) is 111 cm³/mol. The summed E-state index contributed by atoms with van der Waals surface area (Å²) < 4.78 is 34.3. The van der Waals surface area contributed by atoms with Gasteiger partial charge in [0.05, 0.1) is 5.75 Å². The second kappa shape index (κ2) is 6.07. The summed E-state index contributed by atoms with van der Waals surface area (Å²) >= 11 is 0. The minimum atomic E-state index is -3.40. The van der Waals surface area contributed by atoms with Gasteiger partial charge in [0.25, 0.3) is 0 Å². The molecule has 162 valence electrons. The Morgan fingerprint density at radius 2 is 1.93 bits per heavy atom. The highest BCUT2D eigenvalue weighted by Crippen LogP contribution is 2.67. The Morgan fingerprint density at radius 3 is 2.52 bits per heavy atom. The molecule has 0 aromatic carbocycles. The number of rotatable bonds is 7. The average Bonchev–Trinajstić information content (AvgIpc) is 2.94. The molecule has 2 heterocycles. The summed E-state index contributed by atoms with van der Waals surface area (Å²) in [5, 5.41) is 0. The highest BCUT2D eigenvalue weighted by molar-refractivity contribution is 7.89. The molecule has 3 aliphatic carbocycles. The van der Waals surface area contributed by atoms with Gasteiger partial charge in [0.15, 0.2) is 0 Å². The van der Waals surface area contributed by atoms with Crippen molar-refractivity contribution in [3.63, 3.8) is 0 Å². The molecule has 0 spiro atoms. The van der Waals surface area contributed by atoms with Crippen molar-refractivity contribution in [1.29, 1.82) is 0 Å². The molecule has 0 aromatic rings. The Hall–Kier alpha value is -0.920. The molecule has 0 radical (unpaired) electrons. The van der Waals surface area contributed by atoms with Crippen molar-refractivity contribution in [2.24, 2.45) is 22.7 Å². The minimum absolute atomic E-state index is 0.0891. The van der Waals surface area contributed by atoms with E-state index in [9.17, 15) is 13.2 Å². The topological polar surface area (TPSA) is 66.7 Å². The lowest BCUT2D eigenvalue weighted by atomic mass is 9.69. The zero-order valence-corrected chi connectivity index (χ0v) is 18.9. The second-order valence-electron chi connectivity index (χ2n) is 10.4. The van der Waals surface area contributed by atoms with E-state index in [4.69, 9.17) is 4.74 Å². The Morgan fingerprint density at radius 1 is 1.21 bits per heavy atom. The van der Waals surface area contributed by atoms with Crippen molar-refractivity contribution in [3.8, 4) is 0 Å². The van der Waals surface area contributed by atoms with Gasteiger partial charge in [-0.15, -0.1) is 0 Å². The Bertz CT molecular complexity index is 864. The lowest BCUT2D eigenvalue weighted by Gasteiger charge is -2.42. The number of esters is 1. The van der Waals surface area contributed by atoms with E-state index in [2.05, 4.69) is 30.9 Å². The van der Waals surface area contributed by atoms with E-state index in [1.54, 1.807) is 4.31 Å². The second-order valence-corrected chi connectivity index (χ2v) is 12.4. The van der Waals surface area contributed by atoms with Gasteiger partial charge in [0.2, 0.25) is 10.0 Å². The van der Waals surface area contributed by atoms with E-state index in [0.717, 1.165) is 32.2 Å². The number of piperidine rings is 1. The van der Waals surface area contributed by atoms with E-state index in [0.29, 0.717) is 25.0 Å². The summed E-state index contributed by atoms with van der Waals surface area (Å²) in [6.45, 7) is 9.91. The molecule has 6 nitrogen and oxygen atoms in total. The third-order valence-corrected chi connectivity index (χ3v) is 11.6. The molecular formula is C22H34N2O4S. The highest BCUT2D eigenvalue weighted by Gasteiger charge is 2.73. The Labute approximate surface area is 174 Å². The molecule has 2 saturated heterocycles. The first-order chi connectivity index (χ1) is 13.6. The first-order valence-electron chi connectivity index (χ1n) is 11.3. The average molecular weight is 423 g/mol. The van der Waals surface area contributed by atoms with Crippen LogP contribution in [0.1, 0.15) is 53.4 Å². The quantitative estimate of drug-likeness (QED) is 0.358. The van der Waals surface area contributed by atoms with Crippen LogP contribution in [-0.2, 0) is 19.6 Å². The number of carbonyl (C=O) groups is 1. The SMILES string of the molecule is CCN(CC)S(=O)(=O)C[C@]12CC[C@H](C[C@H]1OC(=O)[C@]13CN1[C@H]1C=C[C@@H]3C1)C2(C)C. The number of nitrogens with zero attached hydrogens (tertiary/aromatic N) is 2. The van der Waals surface area contributed by atoms with Crippen molar-refractivity contribution < 1.29 is 17.9 Å². The molecule has 4 fully saturated rings. The molecule has 5 aliphatic rings. The monoisotopic (exact) mass is 422 g/mol.